The van der Waals surface area contributed by atoms with E-state index in [2.05, 4.69) is 15.6 Å². The molecule has 0 fully saturated rings. The number of carbonyl (C=O) groups is 1. The highest BCUT2D eigenvalue weighted by Crippen LogP contribution is 1.84. The third-order valence-electron chi connectivity index (χ3n) is 0.748. The first-order valence-electron chi connectivity index (χ1n) is 2.50. The van der Waals surface area contributed by atoms with Crippen LogP contribution in [0.25, 0.3) is 0 Å². The number of amides is 1. The minimum atomic E-state index is -0.152. The lowest BCUT2D eigenvalue weighted by atomic mass is 10.7. The molecule has 0 bridgehead atoms. The van der Waals surface area contributed by atoms with Crippen LogP contribution in [-0.2, 0) is 4.79 Å². The van der Waals surface area contributed by atoms with E-state index < -0.39 is 0 Å². The second-order valence-electron chi connectivity index (χ2n) is 1.56. The van der Waals surface area contributed by atoms with Gasteiger partial charge in [0.25, 0.3) is 0 Å². The van der Waals surface area contributed by atoms with Crippen LogP contribution in [0.2, 0.25) is 0 Å². The quantitative estimate of drug-likeness (QED) is 0.468. The Morgan fingerprint density at radius 1 is 1.67 bits per heavy atom. The lowest BCUT2D eigenvalue weighted by molar-refractivity contribution is -0.117. The SMILES string of the molecule is CC(=O)NC1=NC=C[N]1. The predicted octanol–water partition coefficient (Wildman–Crippen LogP) is -0.432. The fraction of sp³-hybridized carbons (Fsp3) is 0.200. The second-order valence-corrected chi connectivity index (χ2v) is 1.56. The van der Waals surface area contributed by atoms with Crippen LogP contribution in [0.5, 0.6) is 0 Å². The molecular weight excluding hydrogens is 118 g/mol. The van der Waals surface area contributed by atoms with E-state index in [1.807, 2.05) is 0 Å². The van der Waals surface area contributed by atoms with Gasteiger partial charge in [0.1, 0.15) is 0 Å². The highest BCUT2D eigenvalue weighted by atomic mass is 16.1. The molecule has 1 N–H and O–H groups in total. The van der Waals surface area contributed by atoms with Gasteiger partial charge in [-0.1, -0.05) is 0 Å². The van der Waals surface area contributed by atoms with Crippen LogP contribution in [0.3, 0.4) is 0 Å². The summed E-state index contributed by atoms with van der Waals surface area (Å²) in [6, 6.07) is 0. The van der Waals surface area contributed by atoms with Gasteiger partial charge >= 0.3 is 0 Å². The summed E-state index contributed by atoms with van der Waals surface area (Å²) in [5.41, 5.74) is 0. The molecule has 47 valence electrons. The van der Waals surface area contributed by atoms with Gasteiger partial charge in [0, 0.05) is 19.3 Å². The molecule has 0 atom stereocenters. The monoisotopic (exact) mass is 124 g/mol. The standard InChI is InChI=1S/C5H6N3O/c1-4(9)8-5-6-2-3-7-5/h2-3H,1H3,(H,6,8,9). The van der Waals surface area contributed by atoms with Crippen molar-refractivity contribution in [3.05, 3.63) is 12.4 Å². The van der Waals surface area contributed by atoms with Crippen molar-refractivity contribution >= 4 is 11.9 Å². The van der Waals surface area contributed by atoms with Crippen molar-refractivity contribution in [1.82, 2.24) is 10.6 Å². The van der Waals surface area contributed by atoms with E-state index in [4.69, 9.17) is 0 Å². The van der Waals surface area contributed by atoms with E-state index in [0.717, 1.165) is 0 Å². The highest BCUT2D eigenvalue weighted by Gasteiger charge is 2.01. The van der Waals surface area contributed by atoms with Crippen molar-refractivity contribution in [2.24, 2.45) is 4.99 Å². The zero-order valence-corrected chi connectivity index (χ0v) is 4.96. The fourth-order valence-electron chi connectivity index (χ4n) is 0.463. The van der Waals surface area contributed by atoms with Crippen LogP contribution in [0.4, 0.5) is 0 Å². The largest absolute Gasteiger partial charge is 0.295 e. The normalized spacial score (nSPS) is 14.6. The van der Waals surface area contributed by atoms with Gasteiger partial charge in [-0.2, -0.15) is 0 Å². The molecule has 0 aromatic rings. The Balaban J connectivity index is 2.39. The molecule has 1 amide bonds. The van der Waals surface area contributed by atoms with E-state index in [1.165, 1.54) is 19.3 Å². The number of nitrogens with one attached hydrogen (secondary N) is 1. The summed E-state index contributed by atoms with van der Waals surface area (Å²) in [6.07, 6.45) is 3.04. The molecule has 0 unspecified atom stereocenters. The molecule has 0 spiro atoms. The van der Waals surface area contributed by atoms with E-state index >= 15 is 0 Å². The number of hydrogen-bond acceptors (Lipinski definition) is 2. The molecule has 1 aliphatic rings. The highest BCUT2D eigenvalue weighted by molar-refractivity contribution is 5.97. The van der Waals surface area contributed by atoms with Gasteiger partial charge in [0.2, 0.25) is 11.9 Å². The van der Waals surface area contributed by atoms with Crippen molar-refractivity contribution in [1.29, 1.82) is 0 Å². The molecule has 1 aliphatic heterocycles. The first kappa shape index (κ1) is 5.81. The Hall–Kier alpha value is -1.32. The number of hydrogen-bond donors (Lipinski definition) is 1. The first-order valence-corrected chi connectivity index (χ1v) is 2.50. The summed E-state index contributed by atoms with van der Waals surface area (Å²) in [6.45, 7) is 1.41. The number of nitrogens with zero attached hydrogens (tertiary/aromatic N) is 2. The number of carbonyl (C=O) groups excluding carboxylic acids is 1. The molecule has 0 aromatic heterocycles. The van der Waals surface area contributed by atoms with Crippen LogP contribution in [0.1, 0.15) is 6.92 Å². The van der Waals surface area contributed by atoms with Gasteiger partial charge in [-0.25, -0.2) is 10.3 Å². The lowest BCUT2D eigenvalue weighted by Crippen LogP contribution is -2.31. The van der Waals surface area contributed by atoms with Gasteiger partial charge in [0.15, 0.2) is 0 Å². The van der Waals surface area contributed by atoms with Gasteiger partial charge in [-0.05, 0) is 0 Å². The third kappa shape index (κ3) is 1.56. The summed E-state index contributed by atoms with van der Waals surface area (Å²) in [5, 5.41) is 6.14. The molecular formula is C5H6N3O. The first-order chi connectivity index (χ1) is 4.29. The Kier molecular flexibility index (Phi) is 1.48. The van der Waals surface area contributed by atoms with Gasteiger partial charge in [-0.15, -0.1) is 0 Å². The average Bonchev–Trinajstić information content (AvgIpc) is 2.15. The predicted molar refractivity (Wildman–Crippen MR) is 32.5 cm³/mol. The van der Waals surface area contributed by atoms with Crippen LogP contribution in [0, 0.1) is 0 Å². The van der Waals surface area contributed by atoms with Crippen LogP contribution in [-0.4, -0.2) is 11.9 Å². The molecule has 1 heterocycles. The minimum Gasteiger partial charge on any atom is -0.295 e. The van der Waals surface area contributed by atoms with Crippen molar-refractivity contribution in [3.63, 3.8) is 0 Å². The molecule has 0 aliphatic carbocycles. The summed E-state index contributed by atoms with van der Waals surface area (Å²) in [5.74, 6) is 0.212. The van der Waals surface area contributed by atoms with Crippen molar-refractivity contribution in [2.45, 2.75) is 6.92 Å². The maximum atomic E-state index is 10.3. The van der Waals surface area contributed by atoms with Gasteiger partial charge in [-0.3, -0.25) is 10.1 Å². The minimum absolute atomic E-state index is 0.152. The topological polar surface area (TPSA) is 55.6 Å². The van der Waals surface area contributed by atoms with Gasteiger partial charge in [0.05, 0.1) is 0 Å². The van der Waals surface area contributed by atoms with Crippen LogP contribution in [0.15, 0.2) is 17.4 Å². The van der Waals surface area contributed by atoms with Crippen molar-refractivity contribution in [3.8, 4) is 0 Å². The van der Waals surface area contributed by atoms with Crippen LogP contribution >= 0.6 is 0 Å². The number of rotatable bonds is 0. The van der Waals surface area contributed by atoms with E-state index in [9.17, 15) is 4.79 Å². The lowest BCUT2D eigenvalue weighted by Gasteiger charge is -1.95. The van der Waals surface area contributed by atoms with E-state index in [0.29, 0.717) is 5.96 Å². The van der Waals surface area contributed by atoms with E-state index in [-0.39, 0.29) is 5.91 Å². The molecule has 1 radical (unpaired) electrons. The fourth-order valence-corrected chi connectivity index (χ4v) is 0.463. The Bertz CT molecular complexity index is 183. The second kappa shape index (κ2) is 2.30. The van der Waals surface area contributed by atoms with Crippen LogP contribution < -0.4 is 10.6 Å². The average molecular weight is 124 g/mol. The van der Waals surface area contributed by atoms with Crippen molar-refractivity contribution < 1.29 is 4.79 Å². The third-order valence-corrected chi connectivity index (χ3v) is 0.748. The van der Waals surface area contributed by atoms with Gasteiger partial charge < -0.3 is 0 Å². The molecule has 4 nitrogen and oxygen atoms in total. The van der Waals surface area contributed by atoms with Crippen molar-refractivity contribution in [2.75, 3.05) is 0 Å². The molecule has 0 aromatic carbocycles. The maximum Gasteiger partial charge on any atom is 0.229 e. The molecule has 1 rings (SSSR count). The maximum absolute atomic E-state index is 10.3. The number of guanidine groups is 1. The summed E-state index contributed by atoms with van der Waals surface area (Å²) >= 11 is 0. The molecule has 9 heavy (non-hydrogen) atoms. The molecule has 4 heteroatoms. The van der Waals surface area contributed by atoms with E-state index in [1.54, 1.807) is 0 Å². The summed E-state index contributed by atoms with van der Waals surface area (Å²) in [4.78, 5) is 14.0. The summed E-state index contributed by atoms with van der Waals surface area (Å²) in [7, 11) is 0. The Labute approximate surface area is 52.7 Å². The Morgan fingerprint density at radius 2 is 2.44 bits per heavy atom. The summed E-state index contributed by atoms with van der Waals surface area (Å²) < 4.78 is 0. The smallest absolute Gasteiger partial charge is 0.229 e. The zero-order valence-electron chi connectivity index (χ0n) is 4.96. The zero-order chi connectivity index (χ0) is 6.69. The molecule has 0 saturated heterocycles. The number of aliphatic imine (C=N–C) groups is 1. The Morgan fingerprint density at radius 3 is 2.89 bits per heavy atom. The molecule has 0 saturated carbocycles.